The van der Waals surface area contributed by atoms with Crippen molar-refractivity contribution in [3.05, 3.63) is 94.8 Å². The molecule has 0 aliphatic carbocycles. The second-order valence-corrected chi connectivity index (χ2v) is 6.62. The van der Waals surface area contributed by atoms with Gasteiger partial charge in [0, 0.05) is 16.8 Å². The van der Waals surface area contributed by atoms with E-state index in [1.54, 1.807) is 31.3 Å². The number of hydrogen-bond donors (Lipinski definition) is 1. The first kappa shape index (κ1) is 19.6. The number of nitrogens with one attached hydrogen (secondary N) is 1. The zero-order valence-electron chi connectivity index (χ0n) is 15.6. The third-order valence-corrected chi connectivity index (χ3v) is 4.28. The maximum atomic E-state index is 12.5. The van der Waals surface area contributed by atoms with Crippen molar-refractivity contribution in [2.45, 2.75) is 20.0 Å². The van der Waals surface area contributed by atoms with Crippen molar-refractivity contribution < 1.29 is 9.53 Å². The summed E-state index contributed by atoms with van der Waals surface area (Å²) < 4.78 is 5.75. The van der Waals surface area contributed by atoms with Crippen LogP contribution in [0.2, 0.25) is 5.02 Å². The predicted molar refractivity (Wildman–Crippen MR) is 111 cm³/mol. The minimum atomic E-state index is -0.732. The number of amides is 1. The highest BCUT2D eigenvalue weighted by molar-refractivity contribution is 6.30. The number of benzene rings is 2. The molecular weight excluding hydrogens is 374 g/mol. The van der Waals surface area contributed by atoms with Crippen molar-refractivity contribution >= 4 is 23.2 Å². The average Bonchev–Trinajstić information content (AvgIpc) is 2.71. The first-order chi connectivity index (χ1) is 13.5. The Morgan fingerprint density at radius 1 is 1.11 bits per heavy atom. The molecule has 0 aliphatic rings. The quantitative estimate of drug-likeness (QED) is 0.499. The number of ether oxygens (including phenoxy) is 1. The predicted octanol–water partition coefficient (Wildman–Crippen LogP) is 4.38. The van der Waals surface area contributed by atoms with Gasteiger partial charge >= 0.3 is 0 Å². The largest absolute Gasteiger partial charge is 0.481 e. The van der Waals surface area contributed by atoms with Crippen LogP contribution in [0.3, 0.4) is 0 Å². The highest BCUT2D eigenvalue weighted by Gasteiger charge is 2.16. The summed E-state index contributed by atoms with van der Waals surface area (Å²) in [5.41, 5.74) is 5.53. The molecule has 6 heteroatoms. The molecule has 0 saturated heterocycles. The van der Waals surface area contributed by atoms with Crippen molar-refractivity contribution in [3.63, 3.8) is 0 Å². The second-order valence-electron chi connectivity index (χ2n) is 6.19. The molecule has 0 fully saturated rings. The maximum Gasteiger partial charge on any atom is 0.280 e. The van der Waals surface area contributed by atoms with Crippen LogP contribution in [-0.2, 0) is 4.79 Å². The lowest BCUT2D eigenvalue weighted by Crippen LogP contribution is -2.34. The van der Waals surface area contributed by atoms with Crippen LogP contribution in [0, 0.1) is 6.92 Å². The van der Waals surface area contributed by atoms with E-state index in [-0.39, 0.29) is 5.91 Å². The van der Waals surface area contributed by atoms with E-state index in [0.717, 1.165) is 11.1 Å². The third-order valence-electron chi connectivity index (χ3n) is 4.04. The summed E-state index contributed by atoms with van der Waals surface area (Å²) in [5.74, 6) is 0.239. The Balaban J connectivity index is 1.77. The van der Waals surface area contributed by atoms with E-state index in [4.69, 9.17) is 16.3 Å². The SMILES string of the molecule is Cc1cc(Cl)ccc1OC(C)C(=O)NN=C(c1ccccc1)c1ccccn1. The number of carbonyl (C=O) groups excluding carboxylic acids is 1. The number of hydrogen-bond acceptors (Lipinski definition) is 4. The highest BCUT2D eigenvalue weighted by Crippen LogP contribution is 2.22. The Labute approximate surface area is 169 Å². The number of aryl methyl sites for hydroxylation is 1. The molecule has 1 atom stereocenters. The van der Waals surface area contributed by atoms with Crippen LogP contribution >= 0.6 is 11.6 Å². The van der Waals surface area contributed by atoms with Crippen LogP contribution in [0.15, 0.2) is 78.0 Å². The Hall–Kier alpha value is -3.18. The van der Waals surface area contributed by atoms with Gasteiger partial charge in [0.1, 0.15) is 11.5 Å². The molecule has 142 valence electrons. The smallest absolute Gasteiger partial charge is 0.280 e. The number of hydrazone groups is 1. The fourth-order valence-electron chi connectivity index (χ4n) is 2.56. The minimum absolute atomic E-state index is 0.362. The summed E-state index contributed by atoms with van der Waals surface area (Å²) in [7, 11) is 0. The summed E-state index contributed by atoms with van der Waals surface area (Å²) in [4.78, 5) is 16.8. The highest BCUT2D eigenvalue weighted by atomic mass is 35.5. The molecule has 0 radical (unpaired) electrons. The van der Waals surface area contributed by atoms with Gasteiger partial charge in [-0.05, 0) is 49.7 Å². The van der Waals surface area contributed by atoms with Gasteiger partial charge in [-0.25, -0.2) is 5.43 Å². The molecular formula is C22H20ClN3O2. The molecule has 1 heterocycles. The molecule has 3 aromatic rings. The van der Waals surface area contributed by atoms with E-state index < -0.39 is 6.10 Å². The summed E-state index contributed by atoms with van der Waals surface area (Å²) >= 11 is 5.96. The van der Waals surface area contributed by atoms with Gasteiger partial charge in [0.2, 0.25) is 0 Å². The van der Waals surface area contributed by atoms with Crippen molar-refractivity contribution in [1.82, 2.24) is 10.4 Å². The molecule has 1 amide bonds. The Kier molecular flexibility index (Phi) is 6.40. The molecule has 1 aromatic heterocycles. The number of nitrogens with zero attached hydrogens (tertiary/aromatic N) is 2. The van der Waals surface area contributed by atoms with E-state index in [1.807, 2.05) is 55.5 Å². The number of carbonyl (C=O) groups is 1. The van der Waals surface area contributed by atoms with Crippen LogP contribution in [0.4, 0.5) is 0 Å². The molecule has 0 aliphatic heterocycles. The van der Waals surface area contributed by atoms with Gasteiger partial charge in [0.25, 0.3) is 5.91 Å². The molecule has 1 unspecified atom stereocenters. The summed E-state index contributed by atoms with van der Waals surface area (Å²) in [6, 6.07) is 20.4. The lowest BCUT2D eigenvalue weighted by molar-refractivity contribution is -0.127. The average molecular weight is 394 g/mol. The van der Waals surface area contributed by atoms with E-state index in [0.29, 0.717) is 22.2 Å². The molecule has 5 nitrogen and oxygen atoms in total. The molecule has 2 aromatic carbocycles. The molecule has 28 heavy (non-hydrogen) atoms. The lowest BCUT2D eigenvalue weighted by atomic mass is 10.1. The third kappa shape index (κ3) is 4.96. The summed E-state index contributed by atoms with van der Waals surface area (Å²) in [5, 5.41) is 4.94. The van der Waals surface area contributed by atoms with Gasteiger partial charge in [0.15, 0.2) is 6.10 Å². The lowest BCUT2D eigenvalue weighted by Gasteiger charge is -2.15. The fraction of sp³-hybridized carbons (Fsp3) is 0.136. The van der Waals surface area contributed by atoms with Crippen molar-refractivity contribution in [2.75, 3.05) is 0 Å². The first-order valence-corrected chi connectivity index (χ1v) is 9.19. The molecule has 3 rings (SSSR count). The van der Waals surface area contributed by atoms with Gasteiger partial charge in [-0.2, -0.15) is 5.10 Å². The molecule has 0 spiro atoms. The molecule has 1 N–H and O–H groups in total. The number of rotatable bonds is 6. The topological polar surface area (TPSA) is 63.6 Å². The molecule has 0 saturated carbocycles. The van der Waals surface area contributed by atoms with Crippen molar-refractivity contribution in [2.24, 2.45) is 5.10 Å². The van der Waals surface area contributed by atoms with Gasteiger partial charge in [-0.1, -0.05) is 48.0 Å². The van der Waals surface area contributed by atoms with Gasteiger partial charge in [-0.3, -0.25) is 9.78 Å². The zero-order valence-corrected chi connectivity index (χ0v) is 16.4. The van der Waals surface area contributed by atoms with E-state index >= 15 is 0 Å². The number of halogens is 1. The monoisotopic (exact) mass is 393 g/mol. The minimum Gasteiger partial charge on any atom is -0.481 e. The van der Waals surface area contributed by atoms with E-state index in [1.165, 1.54) is 0 Å². The van der Waals surface area contributed by atoms with Gasteiger partial charge in [0.05, 0.1) is 5.69 Å². The van der Waals surface area contributed by atoms with Crippen LogP contribution < -0.4 is 10.2 Å². The maximum absolute atomic E-state index is 12.5. The Morgan fingerprint density at radius 2 is 1.86 bits per heavy atom. The normalized spacial score (nSPS) is 12.3. The van der Waals surface area contributed by atoms with Crippen LogP contribution in [0.5, 0.6) is 5.75 Å². The van der Waals surface area contributed by atoms with E-state index in [2.05, 4.69) is 15.5 Å². The second kappa shape index (κ2) is 9.15. The first-order valence-electron chi connectivity index (χ1n) is 8.82. The number of aromatic nitrogens is 1. The van der Waals surface area contributed by atoms with Crippen LogP contribution in [0.25, 0.3) is 0 Å². The van der Waals surface area contributed by atoms with E-state index in [9.17, 15) is 4.79 Å². The number of pyridine rings is 1. The Bertz CT molecular complexity index is 934. The van der Waals surface area contributed by atoms with Gasteiger partial charge < -0.3 is 4.74 Å². The molecule has 0 bridgehead atoms. The zero-order chi connectivity index (χ0) is 19.9. The van der Waals surface area contributed by atoms with Gasteiger partial charge in [-0.15, -0.1) is 0 Å². The Morgan fingerprint density at radius 3 is 2.54 bits per heavy atom. The standard InChI is InChI=1S/C22H20ClN3O2/c1-15-14-18(23)11-12-20(15)28-16(2)22(27)26-25-21(17-8-4-3-5-9-17)19-10-6-7-13-24-19/h3-14,16H,1-2H3,(H,26,27). The fourth-order valence-corrected chi connectivity index (χ4v) is 2.79. The van der Waals surface area contributed by atoms with Crippen molar-refractivity contribution in [1.29, 1.82) is 0 Å². The summed E-state index contributed by atoms with van der Waals surface area (Å²) in [6.45, 7) is 3.54. The van der Waals surface area contributed by atoms with Crippen molar-refractivity contribution in [3.8, 4) is 5.75 Å². The van der Waals surface area contributed by atoms with Crippen LogP contribution in [-0.4, -0.2) is 22.7 Å². The van der Waals surface area contributed by atoms with Crippen LogP contribution in [0.1, 0.15) is 23.7 Å². The summed E-state index contributed by atoms with van der Waals surface area (Å²) in [6.07, 6.45) is 0.953.